The van der Waals surface area contributed by atoms with E-state index < -0.39 is 43.1 Å². The summed E-state index contributed by atoms with van der Waals surface area (Å²) in [5.41, 5.74) is 0.879. The molecule has 3 rings (SSSR count). The molecule has 1 aliphatic heterocycles. The van der Waals surface area contributed by atoms with Gasteiger partial charge in [0.25, 0.3) is 0 Å². The molecule has 1 aliphatic rings. The Balaban J connectivity index is 1.39. The fourth-order valence-corrected chi connectivity index (χ4v) is 4.53. The minimum atomic E-state index is -1.46. The molecule has 13 nitrogen and oxygen atoms in total. The zero-order chi connectivity index (χ0) is 27.3. The summed E-state index contributed by atoms with van der Waals surface area (Å²) in [5, 5.41) is 39.2. The van der Waals surface area contributed by atoms with Crippen molar-refractivity contribution >= 4 is 28.8 Å². The molecule has 0 aromatic carbocycles. The van der Waals surface area contributed by atoms with Crippen molar-refractivity contribution < 1.29 is 29.6 Å². The molecule has 212 valence electrons. The number of amides is 2. The molecule has 2 aromatic heterocycles. The number of fused-ring (bicyclic) bond motifs is 1. The van der Waals surface area contributed by atoms with Gasteiger partial charge in [-0.2, -0.15) is 0 Å². The van der Waals surface area contributed by atoms with Crippen LogP contribution in [0.25, 0.3) is 11.2 Å². The Labute approximate surface area is 222 Å². The van der Waals surface area contributed by atoms with Gasteiger partial charge in [0.05, 0.1) is 25.5 Å². The molecule has 0 spiro atoms. The first-order chi connectivity index (χ1) is 18.4. The standard InChI is InChI=1S/C25H41N7O6/c1-2-3-4-5-6-7-8-9-10-11-17(34)26-12-18(35)31-19-16(13-33)38-25(22(37)21(19)36)32-24-20-23(28-14-27-20)29-15-30-24/h14-16,19,21-22,25,33,36-37H,2-13H2,1H3,(H,26,34)(H,31,35)(H2,27,28,29,30,32)/t16-,19-,21+,22-,25-/m0/s1. The second-order valence-corrected chi connectivity index (χ2v) is 9.68. The van der Waals surface area contributed by atoms with E-state index in [9.17, 15) is 24.9 Å². The number of rotatable bonds is 16. The molecular weight excluding hydrogens is 494 g/mol. The van der Waals surface area contributed by atoms with Crippen molar-refractivity contribution in [2.45, 2.75) is 102 Å². The zero-order valence-electron chi connectivity index (χ0n) is 21.9. The van der Waals surface area contributed by atoms with Crippen LogP contribution in [0.2, 0.25) is 0 Å². The number of aliphatic hydroxyl groups excluding tert-OH is 3. The van der Waals surface area contributed by atoms with Crippen LogP contribution in [0.3, 0.4) is 0 Å². The summed E-state index contributed by atoms with van der Waals surface area (Å²) in [6.07, 6.45) is 8.35. The largest absolute Gasteiger partial charge is 0.394 e. The number of hydrogen-bond acceptors (Lipinski definition) is 10. The summed E-state index contributed by atoms with van der Waals surface area (Å²) in [4.78, 5) is 39.6. The average Bonchev–Trinajstić information content (AvgIpc) is 3.40. The van der Waals surface area contributed by atoms with Gasteiger partial charge < -0.3 is 41.0 Å². The van der Waals surface area contributed by atoms with Crippen LogP contribution >= 0.6 is 0 Å². The lowest BCUT2D eigenvalue weighted by Crippen LogP contribution is -2.66. The molecule has 5 atom stereocenters. The van der Waals surface area contributed by atoms with E-state index in [1.165, 1.54) is 51.2 Å². The van der Waals surface area contributed by atoms with Gasteiger partial charge in [0, 0.05) is 6.42 Å². The highest BCUT2D eigenvalue weighted by Gasteiger charge is 2.45. The molecular formula is C25H41N7O6. The summed E-state index contributed by atoms with van der Waals surface area (Å²) in [5.74, 6) is -0.496. The first kappa shape index (κ1) is 29.7. The Bertz CT molecular complexity index is 1000. The molecule has 38 heavy (non-hydrogen) atoms. The fourth-order valence-electron chi connectivity index (χ4n) is 4.53. The van der Waals surface area contributed by atoms with E-state index in [-0.39, 0.29) is 18.3 Å². The van der Waals surface area contributed by atoms with Crippen molar-refractivity contribution in [3.05, 3.63) is 12.7 Å². The summed E-state index contributed by atoms with van der Waals surface area (Å²) in [7, 11) is 0. The number of carbonyl (C=O) groups excluding carboxylic acids is 2. The lowest BCUT2D eigenvalue weighted by Gasteiger charge is -2.42. The predicted octanol–water partition coefficient (Wildman–Crippen LogP) is 0.726. The van der Waals surface area contributed by atoms with E-state index in [0.717, 1.165) is 19.3 Å². The van der Waals surface area contributed by atoms with Gasteiger partial charge in [-0.3, -0.25) is 9.59 Å². The Morgan fingerprint density at radius 2 is 1.68 bits per heavy atom. The van der Waals surface area contributed by atoms with Gasteiger partial charge in [0.1, 0.15) is 30.2 Å². The summed E-state index contributed by atoms with van der Waals surface area (Å²) < 4.78 is 5.73. The summed E-state index contributed by atoms with van der Waals surface area (Å²) in [6.45, 7) is 1.39. The normalized spacial score (nSPS) is 23.3. The maximum absolute atomic E-state index is 12.4. The number of aromatic amines is 1. The van der Waals surface area contributed by atoms with Gasteiger partial charge in [0.15, 0.2) is 17.7 Å². The summed E-state index contributed by atoms with van der Waals surface area (Å²) >= 11 is 0. The van der Waals surface area contributed by atoms with Crippen molar-refractivity contribution in [3.8, 4) is 0 Å². The van der Waals surface area contributed by atoms with Crippen LogP contribution in [0.1, 0.15) is 71.1 Å². The third kappa shape index (κ3) is 8.58. The minimum absolute atomic E-state index is 0.221. The maximum atomic E-state index is 12.4. The lowest BCUT2D eigenvalue weighted by molar-refractivity contribution is -0.185. The van der Waals surface area contributed by atoms with Crippen LogP contribution in [-0.4, -0.2) is 90.8 Å². The number of ether oxygens (including phenoxy) is 1. The molecule has 2 amide bonds. The molecule has 0 radical (unpaired) electrons. The first-order valence-corrected chi connectivity index (χ1v) is 13.5. The average molecular weight is 536 g/mol. The smallest absolute Gasteiger partial charge is 0.239 e. The number of nitrogens with zero attached hydrogens (tertiary/aromatic N) is 3. The number of unbranched alkanes of at least 4 members (excludes halogenated alkanes) is 8. The molecule has 1 fully saturated rings. The van der Waals surface area contributed by atoms with E-state index in [1.807, 2.05) is 0 Å². The van der Waals surface area contributed by atoms with E-state index in [4.69, 9.17) is 4.74 Å². The van der Waals surface area contributed by atoms with Crippen molar-refractivity contribution in [2.24, 2.45) is 0 Å². The molecule has 0 bridgehead atoms. The van der Waals surface area contributed by atoms with Crippen LogP contribution in [0.15, 0.2) is 12.7 Å². The number of aliphatic hydroxyl groups is 3. The number of aromatic nitrogens is 4. The molecule has 13 heteroatoms. The van der Waals surface area contributed by atoms with Gasteiger partial charge >= 0.3 is 0 Å². The minimum Gasteiger partial charge on any atom is -0.394 e. The van der Waals surface area contributed by atoms with Gasteiger partial charge in [-0.1, -0.05) is 58.3 Å². The van der Waals surface area contributed by atoms with Crippen LogP contribution in [0.4, 0.5) is 5.82 Å². The lowest BCUT2D eigenvalue weighted by atomic mass is 9.95. The highest BCUT2D eigenvalue weighted by molar-refractivity contribution is 5.85. The number of H-pyrrole nitrogens is 1. The molecule has 1 saturated heterocycles. The van der Waals surface area contributed by atoms with E-state index >= 15 is 0 Å². The third-order valence-electron chi connectivity index (χ3n) is 6.71. The second kappa shape index (κ2) is 15.5. The Kier molecular flexibility index (Phi) is 12.1. The van der Waals surface area contributed by atoms with E-state index in [1.54, 1.807) is 0 Å². The maximum Gasteiger partial charge on any atom is 0.239 e. The van der Waals surface area contributed by atoms with Crippen LogP contribution in [-0.2, 0) is 14.3 Å². The van der Waals surface area contributed by atoms with Crippen molar-refractivity contribution in [1.82, 2.24) is 30.6 Å². The van der Waals surface area contributed by atoms with E-state index in [2.05, 4.69) is 42.8 Å². The molecule has 2 aromatic rings. The van der Waals surface area contributed by atoms with Crippen molar-refractivity contribution in [3.63, 3.8) is 0 Å². The molecule has 3 heterocycles. The van der Waals surface area contributed by atoms with Crippen LogP contribution < -0.4 is 16.0 Å². The number of anilines is 1. The highest BCUT2D eigenvalue weighted by atomic mass is 16.5. The summed E-state index contributed by atoms with van der Waals surface area (Å²) in [6, 6.07) is -1.09. The fraction of sp³-hybridized carbons (Fsp3) is 0.720. The van der Waals surface area contributed by atoms with Crippen molar-refractivity contribution in [1.29, 1.82) is 0 Å². The van der Waals surface area contributed by atoms with Crippen LogP contribution in [0, 0.1) is 0 Å². The molecule has 7 N–H and O–H groups in total. The number of carbonyl (C=O) groups is 2. The SMILES string of the molecule is CCCCCCCCCCCC(=O)NCC(=O)N[C@@H]1[C@@H](O)[C@H](O)[C@@H](Nc2ncnc3nc[nH]c23)O[C@H]1CO. The third-order valence-corrected chi connectivity index (χ3v) is 6.71. The van der Waals surface area contributed by atoms with Gasteiger partial charge in [-0.15, -0.1) is 0 Å². The topological polar surface area (TPSA) is 195 Å². The van der Waals surface area contributed by atoms with Gasteiger partial charge in [0.2, 0.25) is 11.8 Å². The Hall–Kier alpha value is -2.87. The quantitative estimate of drug-likeness (QED) is 0.151. The van der Waals surface area contributed by atoms with Crippen LogP contribution in [0.5, 0.6) is 0 Å². The molecule has 0 saturated carbocycles. The monoisotopic (exact) mass is 535 g/mol. The Morgan fingerprint density at radius 3 is 2.39 bits per heavy atom. The number of imidazole rings is 1. The highest BCUT2D eigenvalue weighted by Crippen LogP contribution is 2.24. The predicted molar refractivity (Wildman–Crippen MR) is 140 cm³/mol. The number of nitrogens with one attached hydrogen (secondary N) is 4. The van der Waals surface area contributed by atoms with E-state index in [0.29, 0.717) is 17.6 Å². The zero-order valence-corrected chi connectivity index (χ0v) is 21.9. The van der Waals surface area contributed by atoms with Gasteiger partial charge in [-0.05, 0) is 6.42 Å². The second-order valence-electron chi connectivity index (χ2n) is 9.68. The molecule has 0 unspecified atom stereocenters. The first-order valence-electron chi connectivity index (χ1n) is 13.5. The number of hydrogen-bond donors (Lipinski definition) is 7. The Morgan fingerprint density at radius 1 is 0.974 bits per heavy atom. The van der Waals surface area contributed by atoms with Crippen molar-refractivity contribution in [2.75, 3.05) is 18.5 Å². The molecule has 0 aliphatic carbocycles. The van der Waals surface area contributed by atoms with Gasteiger partial charge in [-0.25, -0.2) is 15.0 Å².